The molecule has 8 nitrogen and oxygen atoms in total. The summed E-state index contributed by atoms with van der Waals surface area (Å²) in [6, 6.07) is 6.81. The number of benzene rings is 1. The lowest BCUT2D eigenvalue weighted by atomic mass is 10.1. The first kappa shape index (κ1) is 22.5. The number of nitrogens with zero attached hydrogens (tertiary/aromatic N) is 1. The summed E-state index contributed by atoms with van der Waals surface area (Å²) >= 11 is 1.17. The number of carbonyl (C=O) groups excluding carboxylic acids is 3. The van der Waals surface area contributed by atoms with Crippen molar-refractivity contribution in [3.05, 3.63) is 46.5 Å². The molecule has 0 atom stereocenters. The van der Waals surface area contributed by atoms with Crippen LogP contribution in [-0.4, -0.2) is 42.1 Å². The fourth-order valence-corrected chi connectivity index (χ4v) is 2.90. The fourth-order valence-electron chi connectivity index (χ4n) is 2.18. The normalized spacial score (nSPS) is 10.6. The molecule has 0 aliphatic heterocycles. The lowest BCUT2D eigenvalue weighted by molar-refractivity contribution is -0.142. The summed E-state index contributed by atoms with van der Waals surface area (Å²) in [4.78, 5) is 39.6. The van der Waals surface area contributed by atoms with E-state index >= 15 is 0 Å². The molecule has 29 heavy (non-hydrogen) atoms. The van der Waals surface area contributed by atoms with E-state index in [0.717, 1.165) is 5.56 Å². The number of anilines is 1. The van der Waals surface area contributed by atoms with Crippen molar-refractivity contribution in [2.24, 2.45) is 0 Å². The highest BCUT2D eigenvalue weighted by Crippen LogP contribution is 2.16. The predicted molar refractivity (Wildman–Crippen MR) is 108 cm³/mol. The quantitative estimate of drug-likeness (QED) is 0.589. The van der Waals surface area contributed by atoms with E-state index < -0.39 is 18.5 Å². The highest BCUT2D eigenvalue weighted by Gasteiger charge is 2.13. The Morgan fingerprint density at radius 1 is 1.14 bits per heavy atom. The lowest BCUT2D eigenvalue weighted by Crippen LogP contribution is -2.21. The molecule has 2 rings (SSSR count). The summed E-state index contributed by atoms with van der Waals surface area (Å²) in [5.41, 5.74) is 1.79. The second-order valence-corrected chi connectivity index (χ2v) is 7.16. The largest absolute Gasteiger partial charge is 0.466 e. The van der Waals surface area contributed by atoms with Gasteiger partial charge in [0.1, 0.15) is 0 Å². The molecule has 0 saturated carbocycles. The summed E-state index contributed by atoms with van der Waals surface area (Å²) in [5.74, 6) is -1.50. The summed E-state index contributed by atoms with van der Waals surface area (Å²) in [6.07, 6.45) is 0.158. The third-order valence-electron chi connectivity index (χ3n) is 3.54. The Morgan fingerprint density at radius 2 is 1.86 bits per heavy atom. The smallest absolute Gasteiger partial charge is 0.338 e. The average molecular weight is 420 g/mol. The van der Waals surface area contributed by atoms with Crippen LogP contribution in [0.3, 0.4) is 0 Å². The summed E-state index contributed by atoms with van der Waals surface area (Å²) in [6.45, 7) is 5.94. The number of rotatable bonds is 10. The zero-order valence-electron chi connectivity index (χ0n) is 16.6. The third kappa shape index (κ3) is 8.00. The van der Waals surface area contributed by atoms with Gasteiger partial charge < -0.3 is 14.2 Å². The van der Waals surface area contributed by atoms with E-state index in [9.17, 15) is 14.4 Å². The maximum absolute atomic E-state index is 12.1. The van der Waals surface area contributed by atoms with Crippen LogP contribution >= 0.6 is 11.3 Å². The SMILES string of the molecule is CCOC(=O)Cc1csc(NC(=O)COC(=O)c2ccc(COC(C)C)cc2)n1. The van der Waals surface area contributed by atoms with Gasteiger partial charge in [-0.3, -0.25) is 14.9 Å². The van der Waals surface area contributed by atoms with Crippen molar-refractivity contribution in [3.63, 3.8) is 0 Å². The molecule has 9 heteroatoms. The maximum atomic E-state index is 12.1. The van der Waals surface area contributed by atoms with Crippen LogP contribution in [0.15, 0.2) is 29.6 Å². The molecular weight excluding hydrogens is 396 g/mol. The van der Waals surface area contributed by atoms with E-state index in [1.165, 1.54) is 11.3 Å². The maximum Gasteiger partial charge on any atom is 0.338 e. The molecule has 0 bridgehead atoms. The zero-order valence-corrected chi connectivity index (χ0v) is 17.4. The Bertz CT molecular complexity index is 832. The predicted octanol–water partition coefficient (Wildman–Crippen LogP) is 2.97. The number of nitrogens with one attached hydrogen (secondary N) is 1. The van der Waals surface area contributed by atoms with E-state index in [0.29, 0.717) is 29.6 Å². The Balaban J connectivity index is 1.78. The highest BCUT2D eigenvalue weighted by atomic mass is 32.1. The second kappa shape index (κ2) is 11.3. The van der Waals surface area contributed by atoms with Gasteiger partial charge in [0, 0.05) is 5.38 Å². The van der Waals surface area contributed by atoms with Gasteiger partial charge in [-0.05, 0) is 38.5 Å². The molecule has 1 N–H and O–H groups in total. The van der Waals surface area contributed by atoms with E-state index in [-0.39, 0.29) is 18.5 Å². The Morgan fingerprint density at radius 3 is 2.52 bits per heavy atom. The lowest BCUT2D eigenvalue weighted by Gasteiger charge is -2.08. The van der Waals surface area contributed by atoms with Crippen molar-refractivity contribution < 1.29 is 28.6 Å². The van der Waals surface area contributed by atoms with Gasteiger partial charge in [0.25, 0.3) is 5.91 Å². The van der Waals surface area contributed by atoms with Crippen molar-refractivity contribution in [2.75, 3.05) is 18.5 Å². The van der Waals surface area contributed by atoms with E-state index in [1.54, 1.807) is 36.6 Å². The number of aromatic nitrogens is 1. The van der Waals surface area contributed by atoms with Crippen LogP contribution in [0.4, 0.5) is 5.13 Å². The van der Waals surface area contributed by atoms with Crippen LogP contribution in [0.5, 0.6) is 0 Å². The molecule has 0 spiro atoms. The molecule has 1 aromatic heterocycles. The van der Waals surface area contributed by atoms with Crippen molar-refractivity contribution in [1.82, 2.24) is 4.98 Å². The van der Waals surface area contributed by atoms with Gasteiger partial charge in [-0.25, -0.2) is 9.78 Å². The summed E-state index contributed by atoms with van der Waals surface area (Å²) < 4.78 is 15.4. The van der Waals surface area contributed by atoms with Crippen LogP contribution in [0.25, 0.3) is 0 Å². The molecule has 0 fully saturated rings. The summed E-state index contributed by atoms with van der Waals surface area (Å²) in [7, 11) is 0. The summed E-state index contributed by atoms with van der Waals surface area (Å²) in [5, 5.41) is 4.51. The van der Waals surface area contributed by atoms with Gasteiger partial charge in [0.15, 0.2) is 11.7 Å². The first-order valence-corrected chi connectivity index (χ1v) is 10.0. The molecule has 1 amide bonds. The van der Waals surface area contributed by atoms with Crippen molar-refractivity contribution in [2.45, 2.75) is 39.9 Å². The van der Waals surface area contributed by atoms with Gasteiger partial charge in [-0.2, -0.15) is 0 Å². The minimum absolute atomic E-state index is 0.0351. The fraction of sp³-hybridized carbons (Fsp3) is 0.400. The van der Waals surface area contributed by atoms with Crippen molar-refractivity contribution >= 4 is 34.3 Å². The Kier molecular flexibility index (Phi) is 8.75. The topological polar surface area (TPSA) is 104 Å². The van der Waals surface area contributed by atoms with Crippen LogP contribution in [-0.2, 0) is 36.8 Å². The Labute approximate surface area is 173 Å². The van der Waals surface area contributed by atoms with Gasteiger partial charge >= 0.3 is 11.9 Å². The molecule has 0 aliphatic rings. The third-order valence-corrected chi connectivity index (χ3v) is 4.34. The highest BCUT2D eigenvalue weighted by molar-refractivity contribution is 7.13. The minimum Gasteiger partial charge on any atom is -0.466 e. The van der Waals surface area contributed by atoms with Gasteiger partial charge in [-0.1, -0.05) is 12.1 Å². The number of ether oxygens (including phenoxy) is 3. The van der Waals surface area contributed by atoms with E-state index in [2.05, 4.69) is 10.3 Å². The monoisotopic (exact) mass is 420 g/mol. The standard InChI is InChI=1S/C20H24N2O6S/c1-4-26-18(24)9-16-12-29-20(21-16)22-17(23)11-28-19(25)15-7-5-14(6-8-15)10-27-13(2)3/h5-8,12-13H,4,9-11H2,1-3H3,(H,21,22,23). The van der Waals surface area contributed by atoms with Crippen LogP contribution < -0.4 is 5.32 Å². The van der Waals surface area contributed by atoms with E-state index in [4.69, 9.17) is 14.2 Å². The molecule has 0 radical (unpaired) electrons. The number of hydrogen-bond donors (Lipinski definition) is 1. The molecule has 156 valence electrons. The minimum atomic E-state index is -0.599. The molecular formula is C20H24N2O6S. The molecule has 0 aliphatic carbocycles. The van der Waals surface area contributed by atoms with Gasteiger partial charge in [-0.15, -0.1) is 11.3 Å². The average Bonchev–Trinajstić information content (AvgIpc) is 3.11. The number of esters is 2. The molecule has 2 aromatic rings. The first-order valence-electron chi connectivity index (χ1n) is 9.15. The number of carbonyl (C=O) groups is 3. The molecule has 0 unspecified atom stereocenters. The van der Waals surface area contributed by atoms with Crippen LogP contribution in [0, 0.1) is 0 Å². The molecule has 0 saturated heterocycles. The number of hydrogen-bond acceptors (Lipinski definition) is 8. The first-order chi connectivity index (χ1) is 13.9. The Hall–Kier alpha value is -2.78. The van der Waals surface area contributed by atoms with Gasteiger partial charge in [0.05, 0.1) is 37.0 Å². The molecule has 1 heterocycles. The van der Waals surface area contributed by atoms with Crippen LogP contribution in [0.2, 0.25) is 0 Å². The van der Waals surface area contributed by atoms with E-state index in [1.807, 2.05) is 13.8 Å². The second-order valence-electron chi connectivity index (χ2n) is 6.31. The molecule has 1 aromatic carbocycles. The number of amides is 1. The van der Waals surface area contributed by atoms with Crippen molar-refractivity contribution in [3.8, 4) is 0 Å². The zero-order chi connectivity index (χ0) is 21.2. The van der Waals surface area contributed by atoms with Crippen LogP contribution in [0.1, 0.15) is 42.4 Å². The van der Waals surface area contributed by atoms with Crippen molar-refractivity contribution in [1.29, 1.82) is 0 Å². The van der Waals surface area contributed by atoms with Gasteiger partial charge in [0.2, 0.25) is 0 Å². The number of thiazole rings is 1.